The molecule has 0 amide bonds. The predicted molar refractivity (Wildman–Crippen MR) is 81.0 cm³/mol. The molecule has 0 aromatic rings. The summed E-state index contributed by atoms with van der Waals surface area (Å²) in [5, 5.41) is 6.75. The average molecular weight is 259 g/mol. The van der Waals surface area contributed by atoms with Crippen molar-refractivity contribution in [3.63, 3.8) is 0 Å². The second-order valence-corrected chi connectivity index (χ2v) is 5.76. The molecule has 0 heterocycles. The monoisotopic (exact) mass is 259 g/mol. The molecule has 0 aromatic heterocycles. The first-order valence-electron chi connectivity index (χ1n) is 6.63. The molecule has 0 aliphatic heterocycles. The largest absolute Gasteiger partial charge is 0.357 e. The Labute approximate surface area is 111 Å². The van der Waals surface area contributed by atoms with E-state index < -0.39 is 0 Å². The number of guanidine groups is 1. The number of rotatable bonds is 8. The molecule has 0 aromatic carbocycles. The second-order valence-electron chi connectivity index (χ2n) is 4.77. The van der Waals surface area contributed by atoms with Crippen LogP contribution >= 0.6 is 11.8 Å². The van der Waals surface area contributed by atoms with Gasteiger partial charge in [0.05, 0.1) is 6.54 Å². The van der Waals surface area contributed by atoms with E-state index >= 15 is 0 Å². The highest BCUT2D eigenvalue weighted by Gasteiger charge is 2.05. The van der Waals surface area contributed by atoms with Crippen LogP contribution < -0.4 is 10.6 Å². The van der Waals surface area contributed by atoms with Gasteiger partial charge in [-0.05, 0) is 38.9 Å². The Morgan fingerprint density at radius 1 is 1.24 bits per heavy atom. The fourth-order valence-corrected chi connectivity index (χ4v) is 1.73. The van der Waals surface area contributed by atoms with E-state index in [1.807, 2.05) is 11.8 Å². The van der Waals surface area contributed by atoms with E-state index in [-0.39, 0.29) is 0 Å². The van der Waals surface area contributed by atoms with Crippen LogP contribution in [0.15, 0.2) is 4.99 Å². The Morgan fingerprint density at radius 2 is 1.94 bits per heavy atom. The summed E-state index contributed by atoms with van der Waals surface area (Å²) in [5.41, 5.74) is 0. The molecule has 0 aliphatic rings. The van der Waals surface area contributed by atoms with E-state index in [1.54, 1.807) is 0 Å². The van der Waals surface area contributed by atoms with E-state index in [9.17, 15) is 0 Å². The van der Waals surface area contributed by atoms with Gasteiger partial charge in [-0.2, -0.15) is 11.8 Å². The van der Waals surface area contributed by atoms with E-state index in [1.165, 1.54) is 12.8 Å². The highest BCUT2D eigenvalue weighted by molar-refractivity contribution is 7.98. The topological polar surface area (TPSA) is 36.4 Å². The van der Waals surface area contributed by atoms with E-state index in [4.69, 9.17) is 0 Å². The summed E-state index contributed by atoms with van der Waals surface area (Å²) in [5.74, 6) is 2.81. The minimum Gasteiger partial charge on any atom is -0.357 e. The molecular weight excluding hydrogens is 230 g/mol. The lowest BCUT2D eigenvalue weighted by Gasteiger charge is -2.18. The minimum absolute atomic E-state index is 0.490. The van der Waals surface area contributed by atoms with Crippen LogP contribution in [-0.4, -0.2) is 37.1 Å². The van der Waals surface area contributed by atoms with Crippen molar-refractivity contribution >= 4 is 17.7 Å². The first-order chi connectivity index (χ1) is 8.10. The van der Waals surface area contributed by atoms with Crippen molar-refractivity contribution in [3.8, 4) is 0 Å². The van der Waals surface area contributed by atoms with E-state index in [2.05, 4.69) is 49.6 Å². The van der Waals surface area contributed by atoms with Crippen molar-refractivity contribution in [2.75, 3.05) is 25.1 Å². The Hall–Kier alpha value is -0.380. The maximum atomic E-state index is 4.54. The highest BCUT2D eigenvalue weighted by atomic mass is 32.2. The maximum absolute atomic E-state index is 4.54. The average Bonchev–Trinajstić information content (AvgIpc) is 2.27. The van der Waals surface area contributed by atoms with Crippen LogP contribution in [0.4, 0.5) is 0 Å². The Morgan fingerprint density at radius 3 is 2.47 bits per heavy atom. The van der Waals surface area contributed by atoms with Gasteiger partial charge in [0.25, 0.3) is 0 Å². The Bertz CT molecular complexity index is 205. The molecule has 0 saturated heterocycles. The lowest BCUT2D eigenvalue weighted by molar-refractivity contribution is 0.489. The minimum atomic E-state index is 0.490. The van der Waals surface area contributed by atoms with Crippen LogP contribution in [0.5, 0.6) is 0 Å². The number of nitrogens with one attached hydrogen (secondary N) is 2. The quantitative estimate of drug-likeness (QED) is 0.400. The summed E-state index contributed by atoms with van der Waals surface area (Å²) in [6, 6.07) is 0.490. The maximum Gasteiger partial charge on any atom is 0.191 e. The van der Waals surface area contributed by atoms with Crippen LogP contribution in [0.2, 0.25) is 0 Å². The summed E-state index contributed by atoms with van der Waals surface area (Å²) in [4.78, 5) is 4.54. The van der Waals surface area contributed by atoms with Crippen LogP contribution in [-0.2, 0) is 0 Å². The molecule has 1 atom stereocenters. The SMILES string of the molecule is CCNC(=NCCSC)NC(C)CCC(C)C. The summed E-state index contributed by atoms with van der Waals surface area (Å²) in [6.45, 7) is 10.7. The number of nitrogens with zero attached hydrogens (tertiary/aromatic N) is 1. The number of thioether (sulfide) groups is 1. The Kier molecular flexibility index (Phi) is 10.5. The molecule has 3 nitrogen and oxygen atoms in total. The van der Waals surface area contributed by atoms with Crippen molar-refractivity contribution in [1.29, 1.82) is 0 Å². The third-order valence-corrected chi connectivity index (χ3v) is 3.06. The van der Waals surface area contributed by atoms with Crippen LogP contribution in [0, 0.1) is 5.92 Å². The second kappa shape index (κ2) is 10.8. The van der Waals surface area contributed by atoms with Gasteiger partial charge < -0.3 is 10.6 Å². The van der Waals surface area contributed by atoms with Crippen molar-refractivity contribution in [1.82, 2.24) is 10.6 Å². The Balaban J connectivity index is 4.00. The van der Waals surface area contributed by atoms with Gasteiger partial charge in [-0.3, -0.25) is 4.99 Å². The lowest BCUT2D eigenvalue weighted by atomic mass is 10.0. The molecule has 0 radical (unpaired) electrons. The van der Waals surface area contributed by atoms with Crippen molar-refractivity contribution < 1.29 is 0 Å². The normalized spacial score (nSPS) is 13.9. The molecule has 0 bridgehead atoms. The third-order valence-electron chi connectivity index (χ3n) is 2.47. The zero-order valence-corrected chi connectivity index (χ0v) is 12.9. The van der Waals surface area contributed by atoms with Crippen molar-refractivity contribution in [2.45, 2.75) is 46.6 Å². The van der Waals surface area contributed by atoms with Crippen molar-refractivity contribution in [2.24, 2.45) is 10.9 Å². The molecule has 17 heavy (non-hydrogen) atoms. The van der Waals surface area contributed by atoms with Crippen LogP contribution in [0.3, 0.4) is 0 Å². The smallest absolute Gasteiger partial charge is 0.191 e. The molecular formula is C13H29N3S. The van der Waals surface area contributed by atoms with E-state index in [0.29, 0.717) is 6.04 Å². The van der Waals surface area contributed by atoms with Crippen LogP contribution in [0.25, 0.3) is 0 Å². The fraction of sp³-hybridized carbons (Fsp3) is 0.923. The summed E-state index contributed by atoms with van der Waals surface area (Å²) in [6.07, 6.45) is 4.57. The molecule has 102 valence electrons. The zero-order valence-electron chi connectivity index (χ0n) is 12.0. The summed E-state index contributed by atoms with van der Waals surface area (Å²) in [7, 11) is 0. The lowest BCUT2D eigenvalue weighted by Crippen LogP contribution is -2.42. The van der Waals surface area contributed by atoms with Crippen molar-refractivity contribution in [3.05, 3.63) is 0 Å². The van der Waals surface area contributed by atoms with Gasteiger partial charge in [0.1, 0.15) is 0 Å². The zero-order chi connectivity index (χ0) is 13.1. The third kappa shape index (κ3) is 10.5. The molecule has 0 saturated carbocycles. The number of aliphatic imine (C=N–C) groups is 1. The molecule has 4 heteroatoms. The molecule has 0 spiro atoms. The molecule has 2 N–H and O–H groups in total. The fourth-order valence-electron chi connectivity index (χ4n) is 1.46. The van der Waals surface area contributed by atoms with Gasteiger partial charge in [0, 0.05) is 18.3 Å². The van der Waals surface area contributed by atoms with E-state index in [0.717, 1.165) is 30.7 Å². The number of hydrogen-bond donors (Lipinski definition) is 2. The first kappa shape index (κ1) is 16.6. The van der Waals surface area contributed by atoms with Gasteiger partial charge in [0.2, 0.25) is 0 Å². The molecule has 0 fully saturated rings. The van der Waals surface area contributed by atoms with Gasteiger partial charge in [-0.1, -0.05) is 13.8 Å². The molecule has 0 rings (SSSR count). The number of hydrogen-bond acceptors (Lipinski definition) is 2. The van der Waals surface area contributed by atoms with Gasteiger partial charge >= 0.3 is 0 Å². The van der Waals surface area contributed by atoms with Gasteiger partial charge in [-0.25, -0.2) is 0 Å². The molecule has 1 unspecified atom stereocenters. The molecule has 0 aliphatic carbocycles. The van der Waals surface area contributed by atoms with Gasteiger partial charge in [0.15, 0.2) is 5.96 Å². The predicted octanol–water partition coefficient (Wildman–Crippen LogP) is 2.73. The highest BCUT2D eigenvalue weighted by Crippen LogP contribution is 2.06. The first-order valence-corrected chi connectivity index (χ1v) is 8.03. The van der Waals surface area contributed by atoms with Gasteiger partial charge in [-0.15, -0.1) is 0 Å². The standard InChI is InChI=1S/C13H29N3S/c1-6-14-13(15-9-10-17-5)16-12(4)8-7-11(2)3/h11-12H,6-10H2,1-5H3,(H2,14,15,16). The summed E-state index contributed by atoms with van der Waals surface area (Å²) >= 11 is 1.83. The van der Waals surface area contributed by atoms with Crippen LogP contribution in [0.1, 0.15) is 40.5 Å². The summed E-state index contributed by atoms with van der Waals surface area (Å²) < 4.78 is 0.